The van der Waals surface area contributed by atoms with Crippen molar-refractivity contribution in [1.29, 1.82) is 0 Å². The molecule has 0 spiro atoms. The molecule has 2 aromatic rings. The van der Waals surface area contributed by atoms with Crippen LogP contribution in [0.4, 0.5) is 0 Å². The van der Waals surface area contributed by atoms with Gasteiger partial charge in [0.25, 0.3) is 5.91 Å². The van der Waals surface area contributed by atoms with Crippen LogP contribution in [0.5, 0.6) is 0 Å². The van der Waals surface area contributed by atoms with E-state index in [1.54, 1.807) is 11.3 Å². The summed E-state index contributed by atoms with van der Waals surface area (Å²) in [6, 6.07) is 14.0. The summed E-state index contributed by atoms with van der Waals surface area (Å²) in [7, 11) is 0. The Kier molecular flexibility index (Phi) is 5.47. The Morgan fingerprint density at radius 3 is 2.61 bits per heavy atom. The number of hydrogen-bond acceptors (Lipinski definition) is 3. The molecule has 122 valence electrons. The molecule has 1 fully saturated rings. The smallest absolute Gasteiger partial charge is 0.251 e. The molecule has 1 atom stereocenters. The van der Waals surface area contributed by atoms with Gasteiger partial charge in [0, 0.05) is 17.0 Å². The van der Waals surface area contributed by atoms with Crippen molar-refractivity contribution < 1.29 is 4.79 Å². The first kappa shape index (κ1) is 16.2. The summed E-state index contributed by atoms with van der Waals surface area (Å²) in [6.07, 6.45) is 2.49. The largest absolute Gasteiger partial charge is 0.350 e. The minimum absolute atomic E-state index is 0.0116. The van der Waals surface area contributed by atoms with Gasteiger partial charge in [-0.05, 0) is 55.4 Å². The molecule has 1 aromatic heterocycles. The van der Waals surface area contributed by atoms with Gasteiger partial charge in [0.2, 0.25) is 0 Å². The van der Waals surface area contributed by atoms with Gasteiger partial charge in [0.05, 0.1) is 6.04 Å². The fourth-order valence-electron chi connectivity index (χ4n) is 3.11. The van der Waals surface area contributed by atoms with Gasteiger partial charge >= 0.3 is 0 Å². The number of benzene rings is 1. The molecule has 3 rings (SSSR count). The molecular weight excluding hydrogens is 304 g/mol. The first-order valence-corrected chi connectivity index (χ1v) is 9.22. The third-order valence-corrected chi connectivity index (χ3v) is 5.60. The minimum atomic E-state index is 0.0116. The Hall–Kier alpha value is -1.65. The summed E-state index contributed by atoms with van der Waals surface area (Å²) < 4.78 is 0. The van der Waals surface area contributed by atoms with Crippen LogP contribution < -0.4 is 5.32 Å². The molecule has 1 saturated heterocycles. The van der Waals surface area contributed by atoms with Crippen molar-refractivity contribution >= 4 is 17.2 Å². The zero-order chi connectivity index (χ0) is 16.1. The van der Waals surface area contributed by atoms with Crippen LogP contribution in [0.25, 0.3) is 0 Å². The molecular formula is C19H24N2OS. The molecule has 1 aliphatic rings. The highest BCUT2D eigenvalue weighted by atomic mass is 32.1. The van der Waals surface area contributed by atoms with Crippen molar-refractivity contribution in [3.8, 4) is 0 Å². The number of rotatable bonds is 5. The number of nitrogens with zero attached hydrogens (tertiary/aromatic N) is 1. The molecule has 1 amide bonds. The maximum absolute atomic E-state index is 12.3. The highest BCUT2D eigenvalue weighted by molar-refractivity contribution is 7.10. The second-order valence-corrected chi connectivity index (χ2v) is 7.31. The number of piperidine rings is 1. The van der Waals surface area contributed by atoms with E-state index >= 15 is 0 Å². The molecule has 23 heavy (non-hydrogen) atoms. The van der Waals surface area contributed by atoms with Gasteiger partial charge in [0.1, 0.15) is 0 Å². The van der Waals surface area contributed by atoms with E-state index in [0.29, 0.717) is 6.54 Å². The van der Waals surface area contributed by atoms with Crippen LogP contribution in [0.2, 0.25) is 0 Å². The molecule has 1 unspecified atom stereocenters. The van der Waals surface area contributed by atoms with E-state index in [4.69, 9.17) is 0 Å². The Bertz CT molecular complexity index is 604. The second kappa shape index (κ2) is 7.75. The lowest BCUT2D eigenvalue weighted by Crippen LogP contribution is -2.41. The Morgan fingerprint density at radius 1 is 1.22 bits per heavy atom. The molecule has 0 radical (unpaired) electrons. The SMILES string of the molecule is CC1CCN(C(CNC(=O)c2ccccc2)c2cccs2)CC1. The third kappa shape index (κ3) is 4.21. The second-order valence-electron chi connectivity index (χ2n) is 6.33. The molecule has 2 heterocycles. The quantitative estimate of drug-likeness (QED) is 0.901. The van der Waals surface area contributed by atoms with Crippen LogP contribution in [0.15, 0.2) is 47.8 Å². The van der Waals surface area contributed by atoms with Crippen LogP contribution in [0, 0.1) is 5.92 Å². The standard InChI is InChI=1S/C19H24N2OS/c1-15-9-11-21(12-10-15)17(18-8-5-13-23-18)14-20-19(22)16-6-3-2-4-7-16/h2-8,13,15,17H,9-12,14H2,1H3,(H,20,22). The van der Waals surface area contributed by atoms with Crippen molar-refractivity contribution in [2.75, 3.05) is 19.6 Å². The zero-order valence-corrected chi connectivity index (χ0v) is 14.4. The molecule has 3 nitrogen and oxygen atoms in total. The molecule has 1 aromatic carbocycles. The number of hydrogen-bond donors (Lipinski definition) is 1. The number of carbonyl (C=O) groups is 1. The van der Waals surface area contributed by atoms with Gasteiger partial charge in [-0.3, -0.25) is 9.69 Å². The molecule has 0 bridgehead atoms. The Morgan fingerprint density at radius 2 is 1.96 bits per heavy atom. The predicted octanol–water partition coefficient (Wildman–Crippen LogP) is 3.95. The first-order valence-electron chi connectivity index (χ1n) is 8.34. The van der Waals surface area contributed by atoms with E-state index in [9.17, 15) is 4.79 Å². The summed E-state index contributed by atoms with van der Waals surface area (Å²) in [5, 5.41) is 5.24. The van der Waals surface area contributed by atoms with Gasteiger partial charge in [-0.2, -0.15) is 0 Å². The highest BCUT2D eigenvalue weighted by Crippen LogP contribution is 2.29. The lowest BCUT2D eigenvalue weighted by atomic mass is 9.97. The van der Waals surface area contributed by atoms with E-state index in [-0.39, 0.29) is 11.9 Å². The van der Waals surface area contributed by atoms with Crippen molar-refractivity contribution in [2.45, 2.75) is 25.8 Å². The maximum Gasteiger partial charge on any atom is 0.251 e. The summed E-state index contributed by atoms with van der Waals surface area (Å²) in [5.41, 5.74) is 0.727. The Labute approximate surface area is 142 Å². The average Bonchev–Trinajstić information content (AvgIpc) is 3.11. The summed E-state index contributed by atoms with van der Waals surface area (Å²) in [6.45, 7) is 5.23. The fraction of sp³-hybridized carbons (Fsp3) is 0.421. The summed E-state index contributed by atoms with van der Waals surface area (Å²) in [5.74, 6) is 0.826. The minimum Gasteiger partial charge on any atom is -0.350 e. The predicted molar refractivity (Wildman–Crippen MR) is 95.8 cm³/mol. The normalized spacial score (nSPS) is 17.8. The van der Waals surface area contributed by atoms with Crippen LogP contribution in [0.1, 0.15) is 41.0 Å². The van der Waals surface area contributed by atoms with Crippen molar-refractivity contribution in [1.82, 2.24) is 10.2 Å². The number of thiophene rings is 1. The van der Waals surface area contributed by atoms with E-state index in [1.807, 2.05) is 30.3 Å². The van der Waals surface area contributed by atoms with E-state index in [1.165, 1.54) is 17.7 Å². The average molecular weight is 328 g/mol. The van der Waals surface area contributed by atoms with Gasteiger partial charge < -0.3 is 5.32 Å². The van der Waals surface area contributed by atoms with Crippen molar-refractivity contribution in [3.05, 3.63) is 58.3 Å². The zero-order valence-electron chi connectivity index (χ0n) is 13.6. The summed E-state index contributed by atoms with van der Waals surface area (Å²) >= 11 is 1.78. The topological polar surface area (TPSA) is 32.3 Å². The first-order chi connectivity index (χ1) is 11.2. The van der Waals surface area contributed by atoms with E-state index in [2.05, 4.69) is 34.7 Å². The lowest BCUT2D eigenvalue weighted by Gasteiger charge is -2.36. The molecule has 0 aliphatic carbocycles. The summed E-state index contributed by atoms with van der Waals surface area (Å²) in [4.78, 5) is 16.2. The lowest BCUT2D eigenvalue weighted by molar-refractivity contribution is 0.0915. The Balaban J connectivity index is 1.66. The molecule has 1 aliphatic heterocycles. The molecule has 1 N–H and O–H groups in total. The van der Waals surface area contributed by atoms with Gasteiger partial charge in [-0.1, -0.05) is 31.2 Å². The monoisotopic (exact) mass is 328 g/mol. The van der Waals surface area contributed by atoms with Crippen LogP contribution in [-0.4, -0.2) is 30.4 Å². The van der Waals surface area contributed by atoms with Gasteiger partial charge in [-0.25, -0.2) is 0 Å². The van der Waals surface area contributed by atoms with E-state index in [0.717, 1.165) is 24.6 Å². The number of amides is 1. The maximum atomic E-state index is 12.3. The number of nitrogens with one attached hydrogen (secondary N) is 1. The van der Waals surface area contributed by atoms with Gasteiger partial charge in [-0.15, -0.1) is 11.3 Å². The van der Waals surface area contributed by atoms with Crippen molar-refractivity contribution in [3.63, 3.8) is 0 Å². The van der Waals surface area contributed by atoms with Crippen LogP contribution >= 0.6 is 11.3 Å². The molecule has 4 heteroatoms. The van der Waals surface area contributed by atoms with Gasteiger partial charge in [0.15, 0.2) is 0 Å². The van der Waals surface area contributed by atoms with Crippen LogP contribution in [0.3, 0.4) is 0 Å². The molecule has 0 saturated carbocycles. The number of likely N-dealkylation sites (tertiary alicyclic amines) is 1. The number of carbonyl (C=O) groups excluding carboxylic acids is 1. The van der Waals surface area contributed by atoms with E-state index < -0.39 is 0 Å². The van der Waals surface area contributed by atoms with Crippen molar-refractivity contribution in [2.24, 2.45) is 5.92 Å². The fourth-order valence-corrected chi connectivity index (χ4v) is 3.97. The van der Waals surface area contributed by atoms with Crippen LogP contribution in [-0.2, 0) is 0 Å². The third-order valence-electron chi connectivity index (χ3n) is 4.62. The highest BCUT2D eigenvalue weighted by Gasteiger charge is 2.25.